The van der Waals surface area contributed by atoms with E-state index in [1.807, 2.05) is 11.8 Å². The quantitative estimate of drug-likeness (QED) is 0.886. The van der Waals surface area contributed by atoms with Crippen LogP contribution in [-0.4, -0.2) is 30.4 Å². The number of hydrogen-bond acceptors (Lipinski definition) is 2. The van der Waals surface area contributed by atoms with E-state index in [-0.39, 0.29) is 17.8 Å². The largest absolute Gasteiger partial charge is 0.343 e. The highest BCUT2D eigenvalue weighted by Crippen LogP contribution is 2.13. The Morgan fingerprint density at radius 2 is 1.95 bits per heavy atom. The van der Waals surface area contributed by atoms with Crippen molar-refractivity contribution in [2.45, 2.75) is 32.2 Å². The molecule has 1 amide bonds. The fourth-order valence-electron chi connectivity index (χ4n) is 2.39. The van der Waals surface area contributed by atoms with Gasteiger partial charge in [0.1, 0.15) is 5.82 Å². The van der Waals surface area contributed by atoms with Gasteiger partial charge in [-0.15, -0.1) is 0 Å². The molecule has 3 nitrogen and oxygen atoms in total. The van der Waals surface area contributed by atoms with Crippen LogP contribution in [0, 0.1) is 5.82 Å². The summed E-state index contributed by atoms with van der Waals surface area (Å²) < 4.78 is 12.8. The van der Waals surface area contributed by atoms with Gasteiger partial charge in [-0.2, -0.15) is 0 Å². The van der Waals surface area contributed by atoms with E-state index < -0.39 is 0 Å². The first-order chi connectivity index (χ1) is 9.16. The molecule has 0 saturated carbocycles. The summed E-state index contributed by atoms with van der Waals surface area (Å²) in [5.74, 6) is 0.0106. The molecule has 1 atom stereocenters. The van der Waals surface area contributed by atoms with Crippen LogP contribution in [0.3, 0.4) is 0 Å². The van der Waals surface area contributed by atoms with Crippen LogP contribution in [0.5, 0.6) is 0 Å². The molecule has 1 aromatic carbocycles. The predicted molar refractivity (Wildman–Crippen MR) is 73.2 cm³/mol. The molecule has 1 saturated heterocycles. The Morgan fingerprint density at radius 1 is 1.32 bits per heavy atom. The molecule has 1 fully saturated rings. The lowest BCUT2D eigenvalue weighted by Crippen LogP contribution is -2.31. The number of amides is 1. The number of benzene rings is 1. The minimum atomic E-state index is -0.222. The molecule has 0 radical (unpaired) electrons. The smallest absolute Gasteiger partial charge is 0.223 e. The summed E-state index contributed by atoms with van der Waals surface area (Å²) in [5, 5.41) is 3.30. The molecule has 1 aromatic rings. The van der Waals surface area contributed by atoms with Crippen molar-refractivity contribution in [3.05, 3.63) is 35.6 Å². The Balaban J connectivity index is 1.72. The molecule has 1 unspecified atom stereocenters. The van der Waals surface area contributed by atoms with Crippen molar-refractivity contribution in [3.63, 3.8) is 0 Å². The maximum Gasteiger partial charge on any atom is 0.223 e. The summed E-state index contributed by atoms with van der Waals surface area (Å²) in [6, 6.07) is 6.60. The molecular formula is C15H21FN2O. The van der Waals surface area contributed by atoms with Gasteiger partial charge < -0.3 is 10.2 Å². The molecule has 1 aliphatic rings. The first kappa shape index (κ1) is 14.0. The average Bonchev–Trinajstić information content (AvgIpc) is 2.93. The molecule has 19 heavy (non-hydrogen) atoms. The standard InChI is InChI=1S/C15H21FN2O/c1-12(13-4-6-14(16)7-5-13)17-9-8-15(19)18-10-2-3-11-18/h4-7,12,17H,2-3,8-11H2,1H3. The van der Waals surface area contributed by atoms with E-state index >= 15 is 0 Å². The van der Waals surface area contributed by atoms with Gasteiger partial charge in [-0.05, 0) is 37.5 Å². The van der Waals surface area contributed by atoms with E-state index in [9.17, 15) is 9.18 Å². The van der Waals surface area contributed by atoms with Crippen LogP contribution in [-0.2, 0) is 4.79 Å². The van der Waals surface area contributed by atoms with E-state index in [0.717, 1.165) is 31.5 Å². The lowest BCUT2D eigenvalue weighted by atomic mass is 10.1. The van der Waals surface area contributed by atoms with Gasteiger partial charge in [0.15, 0.2) is 0 Å². The number of hydrogen-bond donors (Lipinski definition) is 1. The third kappa shape index (κ3) is 4.03. The fraction of sp³-hybridized carbons (Fsp3) is 0.533. The maximum atomic E-state index is 12.8. The second kappa shape index (κ2) is 6.66. The first-order valence-corrected chi connectivity index (χ1v) is 6.93. The Kier molecular flexibility index (Phi) is 4.91. The van der Waals surface area contributed by atoms with Crippen LogP contribution in [0.4, 0.5) is 4.39 Å². The summed E-state index contributed by atoms with van der Waals surface area (Å²) in [5.41, 5.74) is 1.04. The van der Waals surface area contributed by atoms with Crippen LogP contribution >= 0.6 is 0 Å². The van der Waals surface area contributed by atoms with Gasteiger partial charge >= 0.3 is 0 Å². The van der Waals surface area contributed by atoms with Gasteiger partial charge in [0.2, 0.25) is 5.91 Å². The van der Waals surface area contributed by atoms with Gasteiger partial charge in [0.25, 0.3) is 0 Å². The number of rotatable bonds is 5. The predicted octanol–water partition coefficient (Wildman–Crippen LogP) is 2.49. The van der Waals surface area contributed by atoms with Crippen molar-refractivity contribution in [3.8, 4) is 0 Å². The Labute approximate surface area is 113 Å². The van der Waals surface area contributed by atoms with Crippen molar-refractivity contribution in [2.75, 3.05) is 19.6 Å². The number of carbonyl (C=O) groups excluding carboxylic acids is 1. The fourth-order valence-corrected chi connectivity index (χ4v) is 2.39. The second-order valence-electron chi connectivity index (χ2n) is 5.07. The van der Waals surface area contributed by atoms with Crippen LogP contribution in [0.1, 0.15) is 37.8 Å². The van der Waals surface area contributed by atoms with Crippen molar-refractivity contribution in [2.24, 2.45) is 0 Å². The highest BCUT2D eigenvalue weighted by molar-refractivity contribution is 5.76. The van der Waals surface area contributed by atoms with Gasteiger partial charge in [-0.3, -0.25) is 4.79 Å². The Bertz CT molecular complexity index is 413. The van der Waals surface area contributed by atoms with Crippen LogP contribution in [0.15, 0.2) is 24.3 Å². The van der Waals surface area contributed by atoms with Gasteiger partial charge in [0.05, 0.1) is 0 Å². The summed E-state index contributed by atoms with van der Waals surface area (Å²) in [7, 11) is 0. The third-order valence-corrected chi connectivity index (χ3v) is 3.62. The van der Waals surface area contributed by atoms with Crippen molar-refractivity contribution in [1.82, 2.24) is 10.2 Å². The van der Waals surface area contributed by atoms with Gasteiger partial charge in [-0.25, -0.2) is 4.39 Å². The molecule has 0 aliphatic carbocycles. The van der Waals surface area contributed by atoms with Crippen LogP contribution in [0.25, 0.3) is 0 Å². The molecule has 0 spiro atoms. The minimum Gasteiger partial charge on any atom is -0.343 e. The maximum absolute atomic E-state index is 12.8. The van der Waals surface area contributed by atoms with Crippen molar-refractivity contribution in [1.29, 1.82) is 0 Å². The topological polar surface area (TPSA) is 32.3 Å². The van der Waals surface area contributed by atoms with E-state index in [0.29, 0.717) is 13.0 Å². The number of nitrogens with one attached hydrogen (secondary N) is 1. The highest BCUT2D eigenvalue weighted by Gasteiger charge is 2.17. The number of halogens is 1. The van der Waals surface area contributed by atoms with E-state index in [1.165, 1.54) is 12.1 Å². The lowest BCUT2D eigenvalue weighted by molar-refractivity contribution is -0.130. The highest BCUT2D eigenvalue weighted by atomic mass is 19.1. The normalized spacial score (nSPS) is 16.6. The van der Waals surface area contributed by atoms with E-state index in [1.54, 1.807) is 12.1 Å². The monoisotopic (exact) mass is 264 g/mol. The summed E-state index contributed by atoms with van der Waals surface area (Å²) >= 11 is 0. The molecule has 4 heteroatoms. The molecule has 1 heterocycles. The molecule has 1 aliphatic heterocycles. The summed E-state index contributed by atoms with van der Waals surface area (Å²) in [4.78, 5) is 13.8. The average molecular weight is 264 g/mol. The zero-order chi connectivity index (χ0) is 13.7. The Morgan fingerprint density at radius 3 is 2.58 bits per heavy atom. The van der Waals surface area contributed by atoms with E-state index in [2.05, 4.69) is 5.32 Å². The number of nitrogens with zero attached hydrogens (tertiary/aromatic N) is 1. The summed E-state index contributed by atoms with van der Waals surface area (Å²) in [6.07, 6.45) is 2.79. The van der Waals surface area contributed by atoms with Gasteiger partial charge in [0, 0.05) is 32.1 Å². The lowest BCUT2D eigenvalue weighted by Gasteiger charge is -2.17. The zero-order valence-corrected chi connectivity index (χ0v) is 11.4. The second-order valence-corrected chi connectivity index (χ2v) is 5.07. The zero-order valence-electron chi connectivity index (χ0n) is 11.4. The third-order valence-electron chi connectivity index (χ3n) is 3.62. The van der Waals surface area contributed by atoms with E-state index in [4.69, 9.17) is 0 Å². The SMILES string of the molecule is CC(NCCC(=O)N1CCCC1)c1ccc(F)cc1. The molecule has 1 N–H and O–H groups in total. The molecule has 2 rings (SSSR count). The van der Waals surface area contributed by atoms with Crippen LogP contribution in [0.2, 0.25) is 0 Å². The van der Waals surface area contributed by atoms with Crippen molar-refractivity contribution < 1.29 is 9.18 Å². The summed E-state index contributed by atoms with van der Waals surface area (Å²) in [6.45, 7) is 4.50. The minimum absolute atomic E-state index is 0.131. The van der Waals surface area contributed by atoms with Gasteiger partial charge in [-0.1, -0.05) is 12.1 Å². The molecule has 104 valence electrons. The first-order valence-electron chi connectivity index (χ1n) is 6.93. The molecule has 0 bridgehead atoms. The Hall–Kier alpha value is -1.42. The molecular weight excluding hydrogens is 243 g/mol. The number of carbonyl (C=O) groups is 1. The van der Waals surface area contributed by atoms with Crippen molar-refractivity contribution >= 4 is 5.91 Å². The molecule has 0 aromatic heterocycles. The van der Waals surface area contributed by atoms with Crippen LogP contribution < -0.4 is 5.32 Å². The number of likely N-dealkylation sites (tertiary alicyclic amines) is 1.